The Kier molecular flexibility index (Phi) is 7.12. The number of carbonyl (C=O) groups excluding carboxylic acids is 2. The minimum absolute atomic E-state index is 0.271. The number of fused-ring (bicyclic) bond motifs is 1. The summed E-state index contributed by atoms with van der Waals surface area (Å²) < 4.78 is 45.7. The Hall–Kier alpha value is -3.55. The number of nitrogens with zero attached hydrogens (tertiary/aromatic N) is 1. The van der Waals surface area contributed by atoms with E-state index in [0.717, 1.165) is 16.8 Å². The molecule has 8 heteroatoms. The van der Waals surface area contributed by atoms with Crippen LogP contribution in [0.15, 0.2) is 54.6 Å². The van der Waals surface area contributed by atoms with Crippen LogP contribution in [0.4, 0.5) is 18.9 Å². The van der Waals surface area contributed by atoms with Crippen LogP contribution in [0.25, 0.3) is 10.8 Å². The molecule has 0 aliphatic carbocycles. The number of nitrogens with one attached hydrogen (secondary N) is 1. The fraction of sp³-hybridized carbons (Fsp3) is 0.217. The molecule has 3 rings (SSSR count). The normalized spacial score (nSPS) is 10.7. The zero-order valence-corrected chi connectivity index (χ0v) is 16.8. The Labute approximate surface area is 177 Å². The first kappa shape index (κ1) is 22.1. The lowest BCUT2D eigenvalue weighted by molar-refractivity contribution is -0.136. The van der Waals surface area contributed by atoms with Crippen LogP contribution in [0.1, 0.15) is 13.3 Å². The number of rotatable bonds is 8. The van der Waals surface area contributed by atoms with Crippen LogP contribution in [0.3, 0.4) is 0 Å². The number of hydrogen-bond donors (Lipinski definition) is 1. The fourth-order valence-electron chi connectivity index (χ4n) is 3.04. The molecule has 1 N–H and O–H groups in total. The van der Waals surface area contributed by atoms with Gasteiger partial charge in [0, 0.05) is 6.54 Å². The predicted molar refractivity (Wildman–Crippen MR) is 111 cm³/mol. The van der Waals surface area contributed by atoms with Crippen molar-refractivity contribution in [2.24, 2.45) is 0 Å². The maximum atomic E-state index is 13.8. The Bertz CT molecular complexity index is 1100. The Morgan fingerprint density at radius 1 is 0.968 bits per heavy atom. The fourth-order valence-corrected chi connectivity index (χ4v) is 3.04. The van der Waals surface area contributed by atoms with Gasteiger partial charge in [0.25, 0.3) is 5.91 Å². The molecule has 0 bridgehead atoms. The number of amides is 2. The summed E-state index contributed by atoms with van der Waals surface area (Å²) >= 11 is 0. The van der Waals surface area contributed by atoms with Crippen LogP contribution in [0.2, 0.25) is 0 Å². The summed E-state index contributed by atoms with van der Waals surface area (Å²) in [5.41, 5.74) is -0.500. The van der Waals surface area contributed by atoms with Crippen molar-refractivity contribution in [2.45, 2.75) is 13.3 Å². The Morgan fingerprint density at radius 3 is 2.45 bits per heavy atom. The van der Waals surface area contributed by atoms with Gasteiger partial charge < -0.3 is 15.0 Å². The van der Waals surface area contributed by atoms with E-state index in [4.69, 9.17) is 4.74 Å². The first-order valence-electron chi connectivity index (χ1n) is 9.71. The average molecular weight is 430 g/mol. The number of benzene rings is 3. The van der Waals surface area contributed by atoms with E-state index in [1.165, 1.54) is 4.90 Å². The van der Waals surface area contributed by atoms with Crippen molar-refractivity contribution in [1.82, 2.24) is 4.90 Å². The van der Waals surface area contributed by atoms with E-state index in [0.29, 0.717) is 18.2 Å². The topological polar surface area (TPSA) is 58.6 Å². The van der Waals surface area contributed by atoms with Gasteiger partial charge in [-0.1, -0.05) is 37.3 Å². The Morgan fingerprint density at radius 2 is 1.71 bits per heavy atom. The largest absolute Gasteiger partial charge is 0.484 e. The predicted octanol–water partition coefficient (Wildman–Crippen LogP) is 4.51. The third-order valence-corrected chi connectivity index (χ3v) is 4.57. The number of hydrogen-bond acceptors (Lipinski definition) is 3. The van der Waals surface area contributed by atoms with Crippen LogP contribution in [0, 0.1) is 17.5 Å². The molecule has 0 fully saturated rings. The lowest BCUT2D eigenvalue weighted by Gasteiger charge is -2.22. The van der Waals surface area contributed by atoms with Gasteiger partial charge in [0.15, 0.2) is 24.1 Å². The van der Waals surface area contributed by atoms with Gasteiger partial charge in [-0.2, -0.15) is 0 Å². The molecule has 0 spiro atoms. The Balaban J connectivity index is 1.61. The highest BCUT2D eigenvalue weighted by Gasteiger charge is 2.20. The molecule has 0 unspecified atom stereocenters. The van der Waals surface area contributed by atoms with Gasteiger partial charge in [0.2, 0.25) is 5.91 Å². The summed E-state index contributed by atoms with van der Waals surface area (Å²) in [4.78, 5) is 26.1. The quantitative estimate of drug-likeness (QED) is 0.535. The average Bonchev–Trinajstić information content (AvgIpc) is 2.77. The zero-order chi connectivity index (χ0) is 22.4. The summed E-state index contributed by atoms with van der Waals surface area (Å²) in [6.45, 7) is 1.43. The second kappa shape index (κ2) is 9.97. The summed E-state index contributed by atoms with van der Waals surface area (Å²) in [5.74, 6) is -5.20. The molecule has 0 aromatic heterocycles. The first-order valence-corrected chi connectivity index (χ1v) is 9.71. The van der Waals surface area contributed by atoms with Crippen LogP contribution < -0.4 is 10.1 Å². The molecule has 0 saturated carbocycles. The summed E-state index contributed by atoms with van der Waals surface area (Å²) in [6, 6.07) is 14.8. The molecule has 3 aromatic carbocycles. The lowest BCUT2D eigenvalue weighted by Crippen LogP contribution is -2.41. The number of ether oxygens (including phenoxy) is 1. The molecule has 0 saturated heterocycles. The van der Waals surface area contributed by atoms with Crippen molar-refractivity contribution >= 4 is 28.3 Å². The molecule has 0 aliphatic heterocycles. The zero-order valence-electron chi connectivity index (χ0n) is 16.8. The maximum Gasteiger partial charge on any atom is 0.260 e. The van der Waals surface area contributed by atoms with E-state index >= 15 is 0 Å². The van der Waals surface area contributed by atoms with Gasteiger partial charge in [-0.15, -0.1) is 0 Å². The molecule has 0 aliphatic rings. The molecule has 162 valence electrons. The van der Waals surface area contributed by atoms with E-state index in [1.54, 1.807) is 6.07 Å². The molecular formula is C23H21F3N2O3. The van der Waals surface area contributed by atoms with Crippen molar-refractivity contribution in [3.63, 3.8) is 0 Å². The minimum atomic E-state index is -1.68. The summed E-state index contributed by atoms with van der Waals surface area (Å²) in [6.07, 6.45) is 0.578. The van der Waals surface area contributed by atoms with Crippen LogP contribution in [-0.2, 0) is 9.59 Å². The van der Waals surface area contributed by atoms with Crippen molar-refractivity contribution in [3.05, 3.63) is 72.0 Å². The number of carbonyl (C=O) groups is 2. The lowest BCUT2D eigenvalue weighted by atomic mass is 10.1. The van der Waals surface area contributed by atoms with Crippen molar-refractivity contribution in [3.8, 4) is 5.75 Å². The third-order valence-electron chi connectivity index (χ3n) is 4.57. The first-order chi connectivity index (χ1) is 14.9. The SMILES string of the molecule is CCCN(CC(=O)Nc1ccc(F)c(F)c1F)C(=O)COc1ccc2ccccc2c1. The molecule has 2 amide bonds. The molecule has 0 radical (unpaired) electrons. The van der Waals surface area contributed by atoms with E-state index in [1.807, 2.05) is 43.3 Å². The van der Waals surface area contributed by atoms with E-state index in [2.05, 4.69) is 5.32 Å². The van der Waals surface area contributed by atoms with Crippen molar-refractivity contribution < 1.29 is 27.5 Å². The van der Waals surface area contributed by atoms with E-state index in [9.17, 15) is 22.8 Å². The van der Waals surface area contributed by atoms with Gasteiger partial charge in [-0.3, -0.25) is 9.59 Å². The number of halogens is 3. The monoisotopic (exact) mass is 430 g/mol. The second-order valence-electron chi connectivity index (χ2n) is 6.88. The van der Waals surface area contributed by atoms with Crippen molar-refractivity contribution in [2.75, 3.05) is 25.0 Å². The number of anilines is 1. The summed E-state index contributed by atoms with van der Waals surface area (Å²) in [7, 11) is 0. The smallest absolute Gasteiger partial charge is 0.260 e. The maximum absolute atomic E-state index is 13.8. The highest BCUT2D eigenvalue weighted by atomic mass is 19.2. The molecular weight excluding hydrogens is 409 g/mol. The third kappa shape index (κ3) is 5.53. The highest BCUT2D eigenvalue weighted by molar-refractivity contribution is 5.94. The van der Waals surface area contributed by atoms with Gasteiger partial charge in [-0.25, -0.2) is 13.2 Å². The molecule has 3 aromatic rings. The van der Waals surface area contributed by atoms with E-state index in [-0.39, 0.29) is 19.7 Å². The van der Waals surface area contributed by atoms with Crippen LogP contribution >= 0.6 is 0 Å². The van der Waals surface area contributed by atoms with E-state index < -0.39 is 35.0 Å². The molecule has 5 nitrogen and oxygen atoms in total. The van der Waals surface area contributed by atoms with Crippen LogP contribution in [0.5, 0.6) is 5.75 Å². The highest BCUT2D eigenvalue weighted by Crippen LogP contribution is 2.21. The summed E-state index contributed by atoms with van der Waals surface area (Å²) in [5, 5.41) is 4.16. The van der Waals surface area contributed by atoms with Crippen LogP contribution in [-0.4, -0.2) is 36.4 Å². The van der Waals surface area contributed by atoms with Gasteiger partial charge >= 0.3 is 0 Å². The van der Waals surface area contributed by atoms with Gasteiger partial charge in [0.05, 0.1) is 12.2 Å². The van der Waals surface area contributed by atoms with Gasteiger partial charge in [-0.05, 0) is 41.5 Å². The minimum Gasteiger partial charge on any atom is -0.484 e. The molecule has 0 atom stereocenters. The molecule has 0 heterocycles. The standard InChI is InChI=1S/C23H21F3N2O3/c1-2-11-28(13-20(29)27-19-10-9-18(24)22(25)23(19)26)21(30)14-31-17-8-7-15-5-3-4-6-16(15)12-17/h3-10,12H,2,11,13-14H2,1H3,(H,27,29). The van der Waals surface area contributed by atoms with Gasteiger partial charge in [0.1, 0.15) is 5.75 Å². The van der Waals surface area contributed by atoms with Crippen molar-refractivity contribution in [1.29, 1.82) is 0 Å². The molecule has 31 heavy (non-hydrogen) atoms. The second-order valence-corrected chi connectivity index (χ2v) is 6.88.